The van der Waals surface area contributed by atoms with Gasteiger partial charge in [0, 0.05) is 11.9 Å². The number of carboxylic acids is 1. The van der Waals surface area contributed by atoms with Crippen molar-refractivity contribution >= 4 is 17.3 Å². The van der Waals surface area contributed by atoms with Crippen LogP contribution in [0.2, 0.25) is 0 Å². The molecule has 0 atom stereocenters. The molecule has 1 N–H and O–H groups in total. The van der Waals surface area contributed by atoms with Crippen molar-refractivity contribution in [2.24, 2.45) is 5.92 Å². The third-order valence-corrected chi connectivity index (χ3v) is 3.27. The van der Waals surface area contributed by atoms with E-state index in [1.807, 2.05) is 30.7 Å². The minimum Gasteiger partial charge on any atom is -0.480 e. The lowest BCUT2D eigenvalue weighted by Gasteiger charge is -2.20. The first kappa shape index (κ1) is 14.7. The van der Waals surface area contributed by atoms with Gasteiger partial charge in [-0.25, -0.2) is 0 Å². The molecule has 7 heteroatoms. The molecule has 108 valence electrons. The van der Waals surface area contributed by atoms with E-state index in [4.69, 9.17) is 9.63 Å². The van der Waals surface area contributed by atoms with Crippen LogP contribution in [0.5, 0.6) is 0 Å². The molecule has 6 nitrogen and oxygen atoms in total. The van der Waals surface area contributed by atoms with Crippen LogP contribution < -0.4 is 0 Å². The Morgan fingerprint density at radius 3 is 2.95 bits per heavy atom. The Bertz CT molecular complexity index is 551. The number of carboxylic acid groups (broad SMARTS) is 1. The normalized spacial score (nSPS) is 11.4. The van der Waals surface area contributed by atoms with Gasteiger partial charge in [-0.2, -0.15) is 16.3 Å². The molecule has 0 fully saturated rings. The van der Waals surface area contributed by atoms with E-state index in [-0.39, 0.29) is 6.54 Å². The number of hydrogen-bond acceptors (Lipinski definition) is 6. The summed E-state index contributed by atoms with van der Waals surface area (Å²) >= 11 is 1.56. The highest BCUT2D eigenvalue weighted by Crippen LogP contribution is 2.20. The summed E-state index contributed by atoms with van der Waals surface area (Å²) in [6.45, 7) is 5.11. The van der Waals surface area contributed by atoms with E-state index < -0.39 is 5.97 Å². The lowest BCUT2D eigenvalue weighted by molar-refractivity contribution is -0.138. The zero-order valence-corrected chi connectivity index (χ0v) is 12.3. The summed E-state index contributed by atoms with van der Waals surface area (Å²) in [6.07, 6.45) is 0. The number of aliphatic carboxylic acids is 1. The zero-order valence-electron chi connectivity index (χ0n) is 11.4. The van der Waals surface area contributed by atoms with E-state index in [0.717, 1.165) is 5.56 Å². The van der Waals surface area contributed by atoms with E-state index >= 15 is 0 Å². The molecule has 0 radical (unpaired) electrons. The van der Waals surface area contributed by atoms with E-state index in [0.29, 0.717) is 30.7 Å². The number of nitrogens with zero attached hydrogens (tertiary/aromatic N) is 3. The van der Waals surface area contributed by atoms with Crippen molar-refractivity contribution < 1.29 is 14.4 Å². The molecule has 2 heterocycles. The number of aromatic nitrogens is 2. The highest BCUT2D eigenvalue weighted by atomic mass is 32.1. The SMILES string of the molecule is CC(C)CN(CC(=O)O)Cc1noc(-c2ccsc2)n1. The molecule has 0 spiro atoms. The van der Waals surface area contributed by atoms with E-state index in [1.165, 1.54) is 0 Å². The second-order valence-electron chi connectivity index (χ2n) is 4.98. The van der Waals surface area contributed by atoms with Crippen molar-refractivity contribution in [2.75, 3.05) is 13.1 Å². The van der Waals surface area contributed by atoms with Gasteiger partial charge in [-0.1, -0.05) is 19.0 Å². The molecule has 2 rings (SSSR count). The maximum absolute atomic E-state index is 10.9. The maximum atomic E-state index is 10.9. The van der Waals surface area contributed by atoms with Crippen LogP contribution in [0.25, 0.3) is 11.5 Å². The summed E-state index contributed by atoms with van der Waals surface area (Å²) < 4.78 is 5.19. The van der Waals surface area contributed by atoms with Crippen LogP contribution >= 0.6 is 11.3 Å². The fraction of sp³-hybridized carbons (Fsp3) is 0.462. The summed E-state index contributed by atoms with van der Waals surface area (Å²) in [4.78, 5) is 17.0. The van der Waals surface area contributed by atoms with E-state index in [9.17, 15) is 4.79 Å². The van der Waals surface area contributed by atoms with E-state index in [2.05, 4.69) is 10.1 Å². The number of hydrogen-bond donors (Lipinski definition) is 1. The lowest BCUT2D eigenvalue weighted by Crippen LogP contribution is -2.32. The van der Waals surface area contributed by atoms with Crippen molar-refractivity contribution in [3.05, 3.63) is 22.7 Å². The number of carbonyl (C=O) groups is 1. The summed E-state index contributed by atoms with van der Waals surface area (Å²) in [6, 6.07) is 1.91. The van der Waals surface area contributed by atoms with Gasteiger partial charge in [0.25, 0.3) is 5.89 Å². The van der Waals surface area contributed by atoms with Gasteiger partial charge >= 0.3 is 5.97 Å². The van der Waals surface area contributed by atoms with Gasteiger partial charge < -0.3 is 9.63 Å². The molecule has 0 amide bonds. The van der Waals surface area contributed by atoms with Gasteiger partial charge in [0.05, 0.1) is 18.7 Å². The minimum atomic E-state index is -0.854. The lowest BCUT2D eigenvalue weighted by atomic mass is 10.2. The second-order valence-corrected chi connectivity index (χ2v) is 5.77. The van der Waals surface area contributed by atoms with Gasteiger partial charge in [0.1, 0.15) is 0 Å². The van der Waals surface area contributed by atoms with Crippen LogP contribution in [0.3, 0.4) is 0 Å². The van der Waals surface area contributed by atoms with E-state index in [1.54, 1.807) is 16.2 Å². The van der Waals surface area contributed by atoms with Crippen molar-refractivity contribution in [1.29, 1.82) is 0 Å². The molecular weight excluding hydrogens is 278 g/mol. The molecule has 0 unspecified atom stereocenters. The highest BCUT2D eigenvalue weighted by Gasteiger charge is 2.16. The largest absolute Gasteiger partial charge is 0.480 e. The Hall–Kier alpha value is -1.73. The molecule has 0 saturated heterocycles. The molecule has 2 aromatic rings. The highest BCUT2D eigenvalue weighted by molar-refractivity contribution is 7.08. The molecule has 0 aliphatic rings. The average Bonchev–Trinajstić information content (AvgIpc) is 2.95. The molecule has 0 aliphatic heterocycles. The van der Waals surface area contributed by atoms with Gasteiger partial charge in [-0.3, -0.25) is 9.69 Å². The molecule has 0 saturated carbocycles. The topological polar surface area (TPSA) is 79.5 Å². The van der Waals surface area contributed by atoms with Gasteiger partial charge in [0.15, 0.2) is 5.82 Å². The zero-order chi connectivity index (χ0) is 14.5. The smallest absolute Gasteiger partial charge is 0.317 e. The predicted octanol–water partition coefficient (Wildman–Crippen LogP) is 2.34. The molecule has 0 aliphatic carbocycles. The van der Waals surface area contributed by atoms with Gasteiger partial charge in [-0.15, -0.1) is 0 Å². The quantitative estimate of drug-likeness (QED) is 0.844. The molecule has 0 bridgehead atoms. The van der Waals surface area contributed by atoms with Gasteiger partial charge in [-0.05, 0) is 17.4 Å². The third kappa shape index (κ3) is 4.14. The Kier molecular flexibility index (Phi) is 4.86. The molecule has 0 aromatic carbocycles. The van der Waals surface area contributed by atoms with Crippen LogP contribution in [0.15, 0.2) is 21.3 Å². The summed E-state index contributed by atoms with van der Waals surface area (Å²) in [5.41, 5.74) is 0.891. The van der Waals surface area contributed by atoms with Crippen LogP contribution in [0.4, 0.5) is 0 Å². The standard InChI is InChI=1S/C13H17N3O3S/c1-9(2)5-16(7-12(17)18)6-11-14-13(19-15-11)10-3-4-20-8-10/h3-4,8-9H,5-7H2,1-2H3,(H,17,18). The average molecular weight is 295 g/mol. The predicted molar refractivity (Wildman–Crippen MR) is 75.4 cm³/mol. The van der Waals surface area contributed by atoms with Crippen LogP contribution in [-0.2, 0) is 11.3 Å². The summed E-state index contributed by atoms with van der Waals surface area (Å²) in [5.74, 6) is 0.499. The van der Waals surface area contributed by atoms with Gasteiger partial charge in [0.2, 0.25) is 0 Å². The first-order valence-electron chi connectivity index (χ1n) is 6.34. The maximum Gasteiger partial charge on any atom is 0.317 e. The third-order valence-electron chi connectivity index (χ3n) is 2.58. The van der Waals surface area contributed by atoms with Crippen molar-refractivity contribution in [1.82, 2.24) is 15.0 Å². The number of thiophene rings is 1. The van der Waals surface area contributed by atoms with Crippen molar-refractivity contribution in [3.63, 3.8) is 0 Å². The Morgan fingerprint density at radius 1 is 1.55 bits per heavy atom. The Balaban J connectivity index is 2.04. The van der Waals surface area contributed by atoms with Crippen LogP contribution in [-0.4, -0.2) is 39.2 Å². The van der Waals surface area contributed by atoms with Crippen molar-refractivity contribution in [2.45, 2.75) is 20.4 Å². The Labute approximate surface area is 121 Å². The second kappa shape index (κ2) is 6.62. The monoisotopic (exact) mass is 295 g/mol. The molecular formula is C13H17N3O3S. The number of rotatable bonds is 7. The fourth-order valence-corrected chi connectivity index (χ4v) is 2.54. The van der Waals surface area contributed by atoms with Crippen molar-refractivity contribution in [3.8, 4) is 11.5 Å². The molecule has 20 heavy (non-hydrogen) atoms. The first-order valence-corrected chi connectivity index (χ1v) is 7.28. The Morgan fingerprint density at radius 2 is 2.35 bits per heavy atom. The summed E-state index contributed by atoms with van der Waals surface area (Å²) in [7, 11) is 0. The first-order chi connectivity index (χ1) is 9.54. The fourth-order valence-electron chi connectivity index (χ4n) is 1.91. The molecule has 2 aromatic heterocycles. The summed E-state index contributed by atoms with van der Waals surface area (Å²) in [5, 5.41) is 16.7. The van der Waals surface area contributed by atoms with Crippen LogP contribution in [0, 0.1) is 5.92 Å². The van der Waals surface area contributed by atoms with Crippen LogP contribution in [0.1, 0.15) is 19.7 Å². The minimum absolute atomic E-state index is 0.0273.